The van der Waals surface area contributed by atoms with Crippen LogP contribution in [0.1, 0.15) is 18.0 Å². The topological polar surface area (TPSA) is 35.2 Å². The average Bonchev–Trinajstić information content (AvgIpc) is 2.45. The van der Waals surface area contributed by atoms with Crippen molar-refractivity contribution in [2.75, 3.05) is 6.67 Å². The van der Waals surface area contributed by atoms with Crippen LogP contribution in [0.2, 0.25) is 5.02 Å². The lowest BCUT2D eigenvalue weighted by atomic mass is 10.0. The molecule has 2 aromatic carbocycles. The first kappa shape index (κ1) is 17.7. The van der Waals surface area contributed by atoms with E-state index < -0.39 is 18.5 Å². The minimum Gasteiger partial charge on any atom is -0.453 e. The molecular weight excluding hydrogens is 319 g/mol. The summed E-state index contributed by atoms with van der Waals surface area (Å²) in [6.45, 7) is -0.613. The number of nitrogens with two attached hydrogens (primary N) is 1. The first-order valence-electron chi connectivity index (χ1n) is 6.16. The van der Waals surface area contributed by atoms with Crippen molar-refractivity contribution in [3.8, 4) is 11.5 Å². The summed E-state index contributed by atoms with van der Waals surface area (Å²) < 4.78 is 32.2. The van der Waals surface area contributed by atoms with Crippen molar-refractivity contribution in [1.29, 1.82) is 0 Å². The maximum atomic E-state index is 14.4. The number of hydrogen-bond acceptors (Lipinski definition) is 2. The Morgan fingerprint density at radius 2 is 1.81 bits per heavy atom. The second-order valence-electron chi connectivity index (χ2n) is 4.28. The standard InChI is InChI=1S/C15H14ClF2NO.ClH/c16-12-7-6-11(13(19)8-9-17)14(18)15(12)20-10-4-2-1-3-5-10;/h1-7,13H,8-9,19H2;1H/t13-;/m1./s1. The number of rotatable bonds is 5. The second-order valence-corrected chi connectivity index (χ2v) is 4.69. The van der Waals surface area contributed by atoms with E-state index in [1.54, 1.807) is 24.3 Å². The van der Waals surface area contributed by atoms with Gasteiger partial charge in [-0.3, -0.25) is 4.39 Å². The van der Waals surface area contributed by atoms with Crippen molar-refractivity contribution in [3.05, 3.63) is 58.9 Å². The fraction of sp³-hybridized carbons (Fsp3) is 0.200. The highest BCUT2D eigenvalue weighted by Gasteiger charge is 2.19. The molecule has 0 radical (unpaired) electrons. The van der Waals surface area contributed by atoms with Crippen LogP contribution >= 0.6 is 24.0 Å². The molecule has 2 aromatic rings. The average molecular weight is 334 g/mol. The SMILES string of the molecule is Cl.N[C@H](CCF)c1ccc(Cl)c(Oc2ccccc2)c1F. The molecule has 0 aliphatic rings. The predicted molar refractivity (Wildman–Crippen MR) is 82.7 cm³/mol. The summed E-state index contributed by atoms with van der Waals surface area (Å²) in [5.74, 6) is -0.281. The maximum absolute atomic E-state index is 14.4. The number of para-hydroxylation sites is 1. The number of alkyl halides is 1. The molecule has 114 valence electrons. The van der Waals surface area contributed by atoms with Crippen molar-refractivity contribution in [2.45, 2.75) is 12.5 Å². The molecule has 0 aromatic heterocycles. The van der Waals surface area contributed by atoms with Gasteiger partial charge < -0.3 is 10.5 Å². The summed E-state index contributed by atoms with van der Waals surface area (Å²) in [6.07, 6.45) is 0.0450. The molecule has 21 heavy (non-hydrogen) atoms. The number of hydrogen-bond donors (Lipinski definition) is 1. The van der Waals surface area contributed by atoms with Gasteiger partial charge in [0.15, 0.2) is 11.6 Å². The van der Waals surface area contributed by atoms with Gasteiger partial charge in [-0.2, -0.15) is 0 Å². The van der Waals surface area contributed by atoms with Gasteiger partial charge in [0.25, 0.3) is 0 Å². The minimum atomic E-state index is -0.726. The van der Waals surface area contributed by atoms with E-state index in [4.69, 9.17) is 22.1 Å². The molecule has 0 fully saturated rings. The Morgan fingerprint density at radius 3 is 2.43 bits per heavy atom. The first-order valence-corrected chi connectivity index (χ1v) is 6.53. The summed E-state index contributed by atoms with van der Waals surface area (Å²) in [5, 5.41) is 0.141. The Hall–Kier alpha value is -1.36. The van der Waals surface area contributed by atoms with Gasteiger partial charge >= 0.3 is 0 Å². The fourth-order valence-corrected chi connectivity index (χ4v) is 1.99. The van der Waals surface area contributed by atoms with E-state index in [1.165, 1.54) is 12.1 Å². The van der Waals surface area contributed by atoms with Crippen LogP contribution in [-0.4, -0.2) is 6.67 Å². The van der Waals surface area contributed by atoms with Gasteiger partial charge in [-0.1, -0.05) is 35.9 Å². The van der Waals surface area contributed by atoms with Gasteiger partial charge in [0, 0.05) is 11.6 Å². The van der Waals surface area contributed by atoms with Crippen molar-refractivity contribution in [3.63, 3.8) is 0 Å². The zero-order valence-electron chi connectivity index (χ0n) is 11.1. The molecule has 0 saturated carbocycles. The predicted octanol–water partition coefficient (Wildman–Crippen LogP) is 5.05. The number of halogens is 4. The molecule has 2 N–H and O–H groups in total. The summed E-state index contributed by atoms with van der Waals surface area (Å²) in [5.41, 5.74) is 5.93. The van der Waals surface area contributed by atoms with Crippen molar-refractivity contribution in [1.82, 2.24) is 0 Å². The molecule has 0 saturated heterocycles. The van der Waals surface area contributed by atoms with Gasteiger partial charge in [-0.05, 0) is 24.6 Å². The van der Waals surface area contributed by atoms with E-state index >= 15 is 0 Å². The van der Waals surface area contributed by atoms with Gasteiger partial charge in [0.05, 0.1) is 11.7 Å². The molecule has 0 heterocycles. The summed E-state index contributed by atoms with van der Waals surface area (Å²) in [7, 11) is 0. The van der Waals surface area contributed by atoms with E-state index in [1.807, 2.05) is 6.07 Å². The largest absolute Gasteiger partial charge is 0.453 e. The highest BCUT2D eigenvalue weighted by atomic mass is 35.5. The third kappa shape index (κ3) is 4.30. The molecule has 1 atom stereocenters. The Balaban J connectivity index is 0.00000220. The van der Waals surface area contributed by atoms with Crippen LogP contribution in [0.3, 0.4) is 0 Å². The fourth-order valence-electron chi connectivity index (χ4n) is 1.81. The zero-order valence-corrected chi connectivity index (χ0v) is 12.6. The number of benzene rings is 2. The lowest BCUT2D eigenvalue weighted by Crippen LogP contribution is -2.13. The molecular formula is C15H15Cl2F2NO. The van der Waals surface area contributed by atoms with Gasteiger partial charge in [0.2, 0.25) is 0 Å². The van der Waals surface area contributed by atoms with E-state index in [-0.39, 0.29) is 35.2 Å². The Kier molecular flexibility index (Phi) is 6.89. The lowest BCUT2D eigenvalue weighted by molar-refractivity contribution is 0.416. The van der Waals surface area contributed by atoms with Crippen LogP contribution in [-0.2, 0) is 0 Å². The summed E-state index contributed by atoms with van der Waals surface area (Å²) in [6, 6.07) is 10.9. The van der Waals surface area contributed by atoms with Crippen LogP contribution in [0.5, 0.6) is 11.5 Å². The van der Waals surface area contributed by atoms with E-state index in [9.17, 15) is 8.78 Å². The van der Waals surface area contributed by atoms with Crippen LogP contribution in [0, 0.1) is 5.82 Å². The molecule has 6 heteroatoms. The van der Waals surface area contributed by atoms with Crippen molar-refractivity contribution >= 4 is 24.0 Å². The van der Waals surface area contributed by atoms with Gasteiger partial charge in [0.1, 0.15) is 5.75 Å². The maximum Gasteiger partial charge on any atom is 0.181 e. The van der Waals surface area contributed by atoms with Crippen LogP contribution < -0.4 is 10.5 Å². The number of ether oxygens (including phenoxy) is 1. The molecule has 0 aliphatic carbocycles. The Bertz CT molecular complexity index is 581. The van der Waals surface area contributed by atoms with Gasteiger partial charge in [-0.15, -0.1) is 12.4 Å². The van der Waals surface area contributed by atoms with Crippen molar-refractivity contribution in [2.24, 2.45) is 5.73 Å². The highest BCUT2D eigenvalue weighted by molar-refractivity contribution is 6.32. The van der Waals surface area contributed by atoms with E-state index in [2.05, 4.69) is 0 Å². The normalized spacial score (nSPS) is 11.6. The highest BCUT2D eigenvalue weighted by Crippen LogP contribution is 2.35. The zero-order chi connectivity index (χ0) is 14.5. The molecule has 0 bridgehead atoms. The van der Waals surface area contributed by atoms with Crippen LogP contribution in [0.15, 0.2) is 42.5 Å². The van der Waals surface area contributed by atoms with Crippen LogP contribution in [0.25, 0.3) is 0 Å². The van der Waals surface area contributed by atoms with E-state index in [0.29, 0.717) is 5.75 Å². The lowest BCUT2D eigenvalue weighted by Gasteiger charge is -2.15. The Morgan fingerprint density at radius 1 is 1.14 bits per heavy atom. The third-order valence-electron chi connectivity index (χ3n) is 2.86. The minimum absolute atomic E-state index is 0. The van der Waals surface area contributed by atoms with E-state index in [0.717, 1.165) is 0 Å². The molecule has 0 spiro atoms. The molecule has 0 amide bonds. The quantitative estimate of drug-likeness (QED) is 0.830. The molecule has 2 nitrogen and oxygen atoms in total. The van der Waals surface area contributed by atoms with Crippen LogP contribution in [0.4, 0.5) is 8.78 Å². The molecule has 0 aliphatic heterocycles. The van der Waals surface area contributed by atoms with Gasteiger partial charge in [-0.25, -0.2) is 4.39 Å². The summed E-state index contributed by atoms with van der Waals surface area (Å²) in [4.78, 5) is 0. The first-order chi connectivity index (χ1) is 9.63. The van der Waals surface area contributed by atoms with Crippen molar-refractivity contribution < 1.29 is 13.5 Å². The summed E-state index contributed by atoms with van der Waals surface area (Å²) >= 11 is 5.95. The smallest absolute Gasteiger partial charge is 0.181 e. The molecule has 0 unspecified atom stereocenters. The molecule has 2 rings (SSSR count). The monoisotopic (exact) mass is 333 g/mol. The third-order valence-corrected chi connectivity index (χ3v) is 3.16. The Labute approximate surface area is 133 Å². The second kappa shape index (κ2) is 8.17.